The average molecular weight is 490 g/mol. The number of fused-ring (bicyclic) bond motifs is 4. The molecule has 2 aromatic heterocycles. The number of pyridine rings is 1. The highest BCUT2D eigenvalue weighted by Crippen LogP contribution is 2.35. The molecule has 0 radical (unpaired) electrons. The van der Waals surface area contributed by atoms with Gasteiger partial charge < -0.3 is 5.11 Å². The van der Waals surface area contributed by atoms with Gasteiger partial charge in [0.2, 0.25) is 15.0 Å². The molecule has 4 aromatic rings. The van der Waals surface area contributed by atoms with E-state index in [1.54, 1.807) is 6.07 Å². The molecule has 7 nitrogen and oxygen atoms in total. The van der Waals surface area contributed by atoms with Crippen molar-refractivity contribution in [1.82, 2.24) is 14.5 Å². The first kappa shape index (κ1) is 23.4. The first-order valence-corrected chi connectivity index (χ1v) is 13.6. The number of nitrogens with zero attached hydrogens (tertiary/aromatic N) is 3. The van der Waals surface area contributed by atoms with Gasteiger partial charge in [0.05, 0.1) is 6.10 Å². The molecule has 2 aliphatic carbocycles. The molecule has 180 valence electrons. The van der Waals surface area contributed by atoms with Crippen LogP contribution in [-0.2, 0) is 16.3 Å². The Balaban J connectivity index is 0.000000164. The summed E-state index contributed by atoms with van der Waals surface area (Å²) in [7, 11) is -3.55. The van der Waals surface area contributed by atoms with Crippen LogP contribution < -0.4 is 5.56 Å². The second kappa shape index (κ2) is 9.36. The Labute approximate surface area is 204 Å². The zero-order valence-electron chi connectivity index (χ0n) is 19.5. The first-order valence-electron chi connectivity index (χ1n) is 11.7. The molecule has 0 unspecified atom stereocenters. The lowest BCUT2D eigenvalue weighted by Crippen LogP contribution is -2.30. The van der Waals surface area contributed by atoms with Crippen LogP contribution in [0.15, 0.2) is 76.8 Å². The lowest BCUT2D eigenvalue weighted by molar-refractivity contribution is 0.104. The van der Waals surface area contributed by atoms with E-state index in [2.05, 4.69) is 58.5 Å². The highest BCUT2D eigenvalue weighted by Gasteiger charge is 2.25. The minimum absolute atomic E-state index is 0.178. The summed E-state index contributed by atoms with van der Waals surface area (Å²) in [5, 5.41) is 10.2. The maximum Gasteiger partial charge on any atom is 0.252 e. The van der Waals surface area contributed by atoms with Crippen LogP contribution in [0.25, 0.3) is 22.2 Å². The Kier molecular flexibility index (Phi) is 6.25. The zero-order chi connectivity index (χ0) is 24.6. The summed E-state index contributed by atoms with van der Waals surface area (Å²) in [6.45, 7) is 0. The molecule has 2 aromatic carbocycles. The molecule has 2 heterocycles. The van der Waals surface area contributed by atoms with Gasteiger partial charge >= 0.3 is 0 Å². The summed E-state index contributed by atoms with van der Waals surface area (Å²) in [4.78, 5) is 20.2. The third kappa shape index (κ3) is 4.76. The van der Waals surface area contributed by atoms with E-state index in [1.165, 1.54) is 39.1 Å². The van der Waals surface area contributed by atoms with Gasteiger partial charge in [0, 0.05) is 29.9 Å². The van der Waals surface area contributed by atoms with E-state index in [9.17, 15) is 18.3 Å². The molecular formula is C27H27N3O4S. The SMILES string of the molecule is CS(=O)(=O)c1ncc2ccc(=O)n([C@@H]3CCC[C@@H](O)C3)c2n1.c1ccc2c(c1)Cc1ccccc1-2. The van der Waals surface area contributed by atoms with Crippen LogP contribution in [0.3, 0.4) is 0 Å². The van der Waals surface area contributed by atoms with E-state index in [0.717, 1.165) is 31.9 Å². The van der Waals surface area contributed by atoms with Crippen molar-refractivity contribution in [2.24, 2.45) is 0 Å². The fraction of sp³-hybridized carbons (Fsp3) is 0.296. The maximum absolute atomic E-state index is 12.3. The summed E-state index contributed by atoms with van der Waals surface area (Å²) in [5.41, 5.74) is 5.82. The van der Waals surface area contributed by atoms with Crippen molar-refractivity contribution >= 4 is 20.9 Å². The largest absolute Gasteiger partial charge is 0.393 e. The van der Waals surface area contributed by atoms with Crippen molar-refractivity contribution < 1.29 is 13.5 Å². The molecule has 0 bridgehead atoms. The topological polar surface area (TPSA) is 102 Å². The number of aromatic nitrogens is 3. The van der Waals surface area contributed by atoms with Gasteiger partial charge in [-0.05, 0) is 60.4 Å². The molecule has 35 heavy (non-hydrogen) atoms. The lowest BCUT2D eigenvalue weighted by Gasteiger charge is -2.28. The van der Waals surface area contributed by atoms with Gasteiger partial charge in [0.15, 0.2) is 0 Å². The average Bonchev–Trinajstić information content (AvgIpc) is 3.22. The van der Waals surface area contributed by atoms with Crippen molar-refractivity contribution in [3.8, 4) is 11.1 Å². The van der Waals surface area contributed by atoms with Crippen molar-refractivity contribution in [3.05, 3.63) is 88.3 Å². The molecule has 2 aliphatic rings. The third-order valence-electron chi connectivity index (χ3n) is 6.67. The summed E-state index contributed by atoms with van der Waals surface area (Å²) in [6.07, 6.45) is 5.87. The predicted molar refractivity (Wildman–Crippen MR) is 135 cm³/mol. The molecule has 1 N–H and O–H groups in total. The van der Waals surface area contributed by atoms with Crippen LogP contribution in [0.1, 0.15) is 42.9 Å². The number of hydrogen-bond acceptors (Lipinski definition) is 6. The second-order valence-corrected chi connectivity index (χ2v) is 11.1. The minimum Gasteiger partial charge on any atom is -0.393 e. The maximum atomic E-state index is 12.3. The monoisotopic (exact) mass is 489 g/mol. The smallest absolute Gasteiger partial charge is 0.252 e. The molecule has 0 amide bonds. The van der Waals surface area contributed by atoms with Crippen LogP contribution >= 0.6 is 0 Å². The highest BCUT2D eigenvalue weighted by molar-refractivity contribution is 7.90. The normalized spacial score (nSPS) is 18.9. The zero-order valence-corrected chi connectivity index (χ0v) is 20.3. The number of aliphatic hydroxyl groups excluding tert-OH is 1. The van der Waals surface area contributed by atoms with Crippen molar-refractivity contribution in [2.45, 2.75) is 49.4 Å². The quantitative estimate of drug-likeness (QED) is 0.377. The first-order chi connectivity index (χ1) is 16.8. The van der Waals surface area contributed by atoms with Gasteiger partial charge in [-0.2, -0.15) is 4.98 Å². The highest BCUT2D eigenvalue weighted by atomic mass is 32.2. The van der Waals surface area contributed by atoms with Gasteiger partial charge in [-0.25, -0.2) is 13.4 Å². The Morgan fingerprint density at radius 2 is 1.60 bits per heavy atom. The lowest BCUT2D eigenvalue weighted by atomic mass is 9.92. The molecular weight excluding hydrogens is 462 g/mol. The van der Waals surface area contributed by atoms with Crippen molar-refractivity contribution in [1.29, 1.82) is 0 Å². The van der Waals surface area contributed by atoms with Gasteiger partial charge in [0.25, 0.3) is 5.56 Å². The molecule has 0 aliphatic heterocycles. The number of benzene rings is 2. The Hall–Kier alpha value is -3.36. The standard InChI is InChI=1S/C14H17N3O4S.C13H10/c1-22(20,21)14-15-8-9-5-6-12(19)17(13(9)16-14)10-3-2-4-11(18)7-10;1-3-7-12-10(5-1)9-11-6-2-4-8-13(11)12/h5-6,8,10-11,18H,2-4,7H2,1H3;1-8H,9H2/t10-,11-;/m1./s1. The second-order valence-electron chi connectivity index (χ2n) is 9.21. The molecule has 8 heteroatoms. The summed E-state index contributed by atoms with van der Waals surface area (Å²) in [5.74, 6) is 0. The number of hydrogen-bond donors (Lipinski definition) is 1. The summed E-state index contributed by atoms with van der Waals surface area (Å²) in [6, 6.07) is 20.1. The van der Waals surface area contributed by atoms with Crippen LogP contribution in [0.5, 0.6) is 0 Å². The number of sulfone groups is 1. The molecule has 6 rings (SSSR count). The van der Waals surface area contributed by atoms with Gasteiger partial charge in [-0.3, -0.25) is 9.36 Å². The Bertz CT molecular complexity index is 1520. The molecule has 1 fully saturated rings. The number of aliphatic hydroxyl groups is 1. The molecule has 1 saturated carbocycles. The Morgan fingerprint density at radius 3 is 2.23 bits per heavy atom. The predicted octanol–water partition coefficient (Wildman–Crippen LogP) is 3.93. The summed E-state index contributed by atoms with van der Waals surface area (Å²) >= 11 is 0. The van der Waals surface area contributed by atoms with E-state index in [4.69, 9.17) is 0 Å². The van der Waals surface area contributed by atoms with Gasteiger partial charge in [-0.1, -0.05) is 48.5 Å². The van der Waals surface area contributed by atoms with Crippen molar-refractivity contribution in [2.75, 3.05) is 6.26 Å². The van der Waals surface area contributed by atoms with Crippen LogP contribution in [0.4, 0.5) is 0 Å². The van der Waals surface area contributed by atoms with E-state index < -0.39 is 15.9 Å². The fourth-order valence-corrected chi connectivity index (χ4v) is 5.50. The Morgan fingerprint density at radius 1 is 0.943 bits per heavy atom. The third-order valence-corrected chi connectivity index (χ3v) is 7.53. The molecule has 0 spiro atoms. The van der Waals surface area contributed by atoms with Crippen LogP contribution in [0.2, 0.25) is 0 Å². The summed E-state index contributed by atoms with van der Waals surface area (Å²) < 4.78 is 24.8. The fourth-order valence-electron chi connectivity index (χ4n) is 5.01. The van der Waals surface area contributed by atoms with Crippen LogP contribution in [-0.4, -0.2) is 40.4 Å². The van der Waals surface area contributed by atoms with Gasteiger partial charge in [-0.15, -0.1) is 0 Å². The van der Waals surface area contributed by atoms with Crippen molar-refractivity contribution in [3.63, 3.8) is 0 Å². The molecule has 2 atom stereocenters. The number of rotatable bonds is 2. The van der Waals surface area contributed by atoms with Gasteiger partial charge in [0.1, 0.15) is 5.65 Å². The van der Waals surface area contributed by atoms with Crippen LogP contribution in [0, 0.1) is 0 Å². The van der Waals surface area contributed by atoms with E-state index in [-0.39, 0.29) is 16.8 Å². The van der Waals surface area contributed by atoms with E-state index in [0.29, 0.717) is 17.5 Å². The van der Waals surface area contributed by atoms with E-state index in [1.807, 2.05) is 0 Å². The minimum atomic E-state index is -3.55. The molecule has 0 saturated heterocycles. The van der Waals surface area contributed by atoms with E-state index >= 15 is 0 Å².